The van der Waals surface area contributed by atoms with Gasteiger partial charge in [0.05, 0.1) is 11.4 Å². The molecule has 0 saturated heterocycles. The van der Waals surface area contributed by atoms with Gasteiger partial charge in [0, 0.05) is 43.6 Å². The van der Waals surface area contributed by atoms with E-state index >= 15 is 0 Å². The maximum Gasteiger partial charge on any atom is 0.160 e. The minimum absolute atomic E-state index is 0.176. The highest BCUT2D eigenvalue weighted by molar-refractivity contribution is 6.28. The molecule has 0 N–H and O–H groups in total. The van der Waals surface area contributed by atoms with Crippen LogP contribution >= 0.6 is 0 Å². The number of hydrogen-bond donors (Lipinski definition) is 0. The van der Waals surface area contributed by atoms with Crippen molar-refractivity contribution in [1.29, 1.82) is 0 Å². The Morgan fingerprint density at radius 1 is 0.411 bits per heavy atom. The Morgan fingerprint density at radius 2 is 1.02 bits per heavy atom. The standard InChI is InChI=1S/C53H35NO2/c1-53(2)43-22-9-7-19-38(43)39-26-25-34(31-44(39)53)54(45-23-12-16-33-14-4-6-18-36(33)45)51-40(37-21-11-15-32-13-3-5-17-35(32)37)27-28-42-50-48(56-52(42)51)30-29-47-49(50)41-20-8-10-24-46(41)55-47/h3-31H,1-2H3. The van der Waals surface area contributed by atoms with Crippen LogP contribution in [0.4, 0.5) is 17.1 Å². The van der Waals surface area contributed by atoms with Crippen molar-refractivity contribution >= 4 is 82.5 Å². The van der Waals surface area contributed by atoms with Gasteiger partial charge in [-0.25, -0.2) is 0 Å². The summed E-state index contributed by atoms with van der Waals surface area (Å²) in [5.74, 6) is 0. The van der Waals surface area contributed by atoms with Crippen molar-refractivity contribution in [3.8, 4) is 22.3 Å². The van der Waals surface area contributed by atoms with E-state index in [0.717, 1.165) is 72.1 Å². The third-order valence-corrected chi connectivity index (χ3v) is 12.3. The van der Waals surface area contributed by atoms with Crippen molar-refractivity contribution in [3.05, 3.63) is 187 Å². The van der Waals surface area contributed by atoms with Gasteiger partial charge in [-0.15, -0.1) is 0 Å². The SMILES string of the molecule is CC1(C)c2ccccc2-c2ccc(N(c3cccc4ccccc34)c3c(-c4cccc5ccccc45)ccc4c3oc3ccc5oc6ccccc6c5c34)cc21. The number of benzene rings is 9. The molecule has 3 nitrogen and oxygen atoms in total. The molecule has 2 aromatic heterocycles. The average Bonchev–Trinajstić information content (AvgIpc) is 3.88. The van der Waals surface area contributed by atoms with E-state index in [2.05, 4.69) is 176 Å². The lowest BCUT2D eigenvalue weighted by molar-refractivity contribution is 0.660. The van der Waals surface area contributed by atoms with Crippen LogP contribution in [0.1, 0.15) is 25.0 Å². The Balaban J connectivity index is 1.25. The predicted octanol–water partition coefficient (Wildman–Crippen LogP) is 15.2. The topological polar surface area (TPSA) is 29.5 Å². The van der Waals surface area contributed by atoms with E-state index in [9.17, 15) is 0 Å². The molecule has 56 heavy (non-hydrogen) atoms. The van der Waals surface area contributed by atoms with E-state index in [4.69, 9.17) is 8.83 Å². The lowest BCUT2D eigenvalue weighted by Crippen LogP contribution is -2.17. The molecule has 0 radical (unpaired) electrons. The Hall–Kier alpha value is -7.10. The molecule has 1 aliphatic carbocycles. The molecule has 0 fully saturated rings. The Morgan fingerprint density at radius 3 is 1.88 bits per heavy atom. The van der Waals surface area contributed by atoms with E-state index in [1.165, 1.54) is 43.8 Å². The van der Waals surface area contributed by atoms with E-state index in [-0.39, 0.29) is 5.41 Å². The fraction of sp³-hybridized carbons (Fsp3) is 0.0566. The van der Waals surface area contributed by atoms with Gasteiger partial charge in [-0.2, -0.15) is 0 Å². The van der Waals surface area contributed by atoms with Crippen LogP contribution in [0.5, 0.6) is 0 Å². The van der Waals surface area contributed by atoms with Crippen LogP contribution in [0, 0.1) is 0 Å². The summed E-state index contributed by atoms with van der Waals surface area (Å²) in [4.78, 5) is 2.47. The lowest BCUT2D eigenvalue weighted by Gasteiger charge is -2.31. The molecular formula is C53H35NO2. The van der Waals surface area contributed by atoms with Crippen LogP contribution in [0.3, 0.4) is 0 Å². The normalized spacial score (nSPS) is 13.3. The first-order chi connectivity index (χ1) is 27.5. The van der Waals surface area contributed by atoms with Crippen molar-refractivity contribution in [3.63, 3.8) is 0 Å². The number of fused-ring (bicyclic) bond motifs is 12. The summed E-state index contributed by atoms with van der Waals surface area (Å²) in [6.45, 7) is 4.71. The number of nitrogens with zero attached hydrogens (tertiary/aromatic N) is 1. The number of rotatable bonds is 4. The van der Waals surface area contributed by atoms with Crippen LogP contribution in [-0.4, -0.2) is 0 Å². The van der Waals surface area contributed by atoms with Gasteiger partial charge >= 0.3 is 0 Å². The third-order valence-electron chi connectivity index (χ3n) is 12.3. The molecule has 0 saturated carbocycles. The molecule has 0 amide bonds. The molecule has 9 aromatic carbocycles. The predicted molar refractivity (Wildman–Crippen MR) is 234 cm³/mol. The molecule has 0 unspecified atom stereocenters. The van der Waals surface area contributed by atoms with Gasteiger partial charge in [-0.05, 0) is 86.4 Å². The van der Waals surface area contributed by atoms with Crippen LogP contribution in [0.25, 0.3) is 87.7 Å². The van der Waals surface area contributed by atoms with Gasteiger partial charge in [-0.1, -0.05) is 147 Å². The van der Waals surface area contributed by atoms with E-state index in [0.29, 0.717) is 0 Å². The average molecular weight is 718 g/mol. The zero-order chi connectivity index (χ0) is 37.1. The monoisotopic (exact) mass is 717 g/mol. The zero-order valence-electron chi connectivity index (χ0n) is 31.0. The number of anilines is 3. The summed E-state index contributed by atoms with van der Waals surface area (Å²) in [6.07, 6.45) is 0. The maximum absolute atomic E-state index is 7.22. The molecule has 2 heterocycles. The second-order valence-corrected chi connectivity index (χ2v) is 15.6. The maximum atomic E-state index is 7.22. The molecular weight excluding hydrogens is 683 g/mol. The van der Waals surface area contributed by atoms with Gasteiger partial charge in [0.25, 0.3) is 0 Å². The first-order valence-corrected chi connectivity index (χ1v) is 19.3. The van der Waals surface area contributed by atoms with Crippen molar-refractivity contribution in [2.45, 2.75) is 19.3 Å². The Bertz CT molecular complexity index is 3410. The molecule has 264 valence electrons. The number of furan rings is 2. The van der Waals surface area contributed by atoms with Gasteiger partial charge in [0.2, 0.25) is 0 Å². The third kappa shape index (κ3) is 4.28. The lowest BCUT2D eigenvalue weighted by atomic mass is 9.82. The van der Waals surface area contributed by atoms with E-state index in [1.807, 2.05) is 18.2 Å². The molecule has 0 bridgehead atoms. The molecule has 11 aromatic rings. The summed E-state index contributed by atoms with van der Waals surface area (Å²) in [5, 5.41) is 9.01. The molecule has 0 spiro atoms. The molecule has 1 aliphatic rings. The van der Waals surface area contributed by atoms with Crippen LogP contribution < -0.4 is 4.90 Å². The summed E-state index contributed by atoms with van der Waals surface area (Å²) < 4.78 is 13.6. The highest BCUT2D eigenvalue weighted by Gasteiger charge is 2.36. The highest BCUT2D eigenvalue weighted by Crippen LogP contribution is 2.54. The van der Waals surface area contributed by atoms with Gasteiger partial charge in [0.15, 0.2) is 5.58 Å². The first-order valence-electron chi connectivity index (χ1n) is 19.3. The van der Waals surface area contributed by atoms with E-state index < -0.39 is 0 Å². The summed E-state index contributed by atoms with van der Waals surface area (Å²) >= 11 is 0. The van der Waals surface area contributed by atoms with Crippen LogP contribution in [-0.2, 0) is 5.41 Å². The highest BCUT2D eigenvalue weighted by atomic mass is 16.3. The van der Waals surface area contributed by atoms with E-state index in [1.54, 1.807) is 0 Å². The molecule has 0 atom stereocenters. The Labute approximate surface area is 323 Å². The summed E-state index contributed by atoms with van der Waals surface area (Å²) in [6, 6.07) is 63.5. The van der Waals surface area contributed by atoms with Gasteiger partial charge in [0.1, 0.15) is 16.7 Å². The van der Waals surface area contributed by atoms with Crippen molar-refractivity contribution in [1.82, 2.24) is 0 Å². The molecule has 0 aliphatic heterocycles. The molecule has 12 rings (SSSR count). The van der Waals surface area contributed by atoms with Crippen LogP contribution in [0.15, 0.2) is 185 Å². The quantitative estimate of drug-likeness (QED) is 0.182. The van der Waals surface area contributed by atoms with Gasteiger partial charge < -0.3 is 13.7 Å². The minimum atomic E-state index is -0.176. The zero-order valence-corrected chi connectivity index (χ0v) is 31.0. The smallest absolute Gasteiger partial charge is 0.160 e. The van der Waals surface area contributed by atoms with Crippen LogP contribution in [0.2, 0.25) is 0 Å². The summed E-state index contributed by atoms with van der Waals surface area (Å²) in [7, 11) is 0. The molecule has 3 heteroatoms. The largest absolute Gasteiger partial charge is 0.456 e. The minimum Gasteiger partial charge on any atom is -0.456 e. The second-order valence-electron chi connectivity index (χ2n) is 15.6. The number of para-hydroxylation sites is 1. The summed E-state index contributed by atoms with van der Waals surface area (Å²) in [5.41, 5.74) is 13.9. The van der Waals surface area contributed by atoms with Crippen molar-refractivity contribution in [2.75, 3.05) is 4.90 Å². The Kier molecular flexibility index (Phi) is 6.40. The first kappa shape index (κ1) is 31.3. The van der Waals surface area contributed by atoms with Crippen molar-refractivity contribution < 1.29 is 8.83 Å². The fourth-order valence-electron chi connectivity index (χ4n) is 9.65. The second kappa shape index (κ2) is 11.5. The van der Waals surface area contributed by atoms with Gasteiger partial charge in [-0.3, -0.25) is 0 Å². The fourth-order valence-corrected chi connectivity index (χ4v) is 9.65. The van der Waals surface area contributed by atoms with Crippen molar-refractivity contribution in [2.24, 2.45) is 0 Å². The number of hydrogen-bond acceptors (Lipinski definition) is 3.